The number of halogens is 1. The highest BCUT2D eigenvalue weighted by Crippen LogP contribution is 2.27. The number of carbonyl (C=O) groups excluding carboxylic acids is 2. The summed E-state index contributed by atoms with van der Waals surface area (Å²) < 4.78 is 37.9. The van der Waals surface area contributed by atoms with Crippen molar-refractivity contribution in [3.8, 4) is 0 Å². The van der Waals surface area contributed by atoms with Crippen LogP contribution in [-0.2, 0) is 29.3 Å². The highest BCUT2D eigenvalue weighted by atomic mass is 127. The first kappa shape index (κ1) is 26.1. The first-order valence-electron chi connectivity index (χ1n) is 10.6. The zero-order valence-electron chi connectivity index (χ0n) is 18.6. The molecule has 2 unspecified atom stereocenters. The molecule has 2 saturated heterocycles. The van der Waals surface area contributed by atoms with Crippen molar-refractivity contribution in [3.63, 3.8) is 0 Å². The lowest BCUT2D eigenvalue weighted by Crippen LogP contribution is -2.62. The second-order valence-corrected chi connectivity index (χ2v) is 11.1. The van der Waals surface area contributed by atoms with Gasteiger partial charge in [-0.1, -0.05) is 30.3 Å². The maximum atomic E-state index is 13.0. The SMILES string of the molecule is CN(C)S(=O)(=O)N1CCN(C(=O)OC(I)c2ccccc2)[C@@H](C(=O)NOC2CCCCO2)C1. The van der Waals surface area contributed by atoms with E-state index in [1.165, 1.54) is 19.0 Å². The molecule has 2 amide bonds. The lowest BCUT2D eigenvalue weighted by molar-refractivity contribution is -0.202. The van der Waals surface area contributed by atoms with E-state index in [0.29, 0.717) is 13.0 Å². The largest absolute Gasteiger partial charge is 0.430 e. The predicted molar refractivity (Wildman–Crippen MR) is 127 cm³/mol. The number of ether oxygens (including phenoxy) is 2. The molecule has 3 rings (SSSR count). The number of amides is 2. The quantitative estimate of drug-likeness (QED) is 0.289. The van der Waals surface area contributed by atoms with E-state index >= 15 is 0 Å². The van der Waals surface area contributed by atoms with E-state index in [1.807, 2.05) is 52.9 Å². The number of hydroxylamine groups is 1. The summed E-state index contributed by atoms with van der Waals surface area (Å²) in [4.78, 5) is 32.5. The predicted octanol–water partition coefficient (Wildman–Crippen LogP) is 1.62. The smallest absolute Gasteiger partial charge is 0.411 e. The van der Waals surface area contributed by atoms with Gasteiger partial charge in [-0.05, 0) is 35.4 Å². The van der Waals surface area contributed by atoms with E-state index < -0.39 is 38.7 Å². The van der Waals surface area contributed by atoms with Crippen LogP contribution in [0.15, 0.2) is 30.3 Å². The Morgan fingerprint density at radius 1 is 1.21 bits per heavy atom. The summed E-state index contributed by atoms with van der Waals surface area (Å²) in [6.45, 7) is 0.326. The first-order chi connectivity index (χ1) is 15.7. The minimum Gasteiger partial charge on any atom is -0.430 e. The van der Waals surface area contributed by atoms with E-state index in [2.05, 4.69) is 5.48 Å². The highest BCUT2D eigenvalue weighted by Gasteiger charge is 2.41. The third-order valence-electron chi connectivity index (χ3n) is 5.36. The molecule has 0 bridgehead atoms. The molecule has 1 N–H and O–H groups in total. The molecule has 0 radical (unpaired) electrons. The van der Waals surface area contributed by atoms with Crippen molar-refractivity contribution in [2.24, 2.45) is 0 Å². The van der Waals surface area contributed by atoms with Gasteiger partial charge in [0.2, 0.25) is 0 Å². The standard InChI is InChI=1S/C20H29IN4O7S/c1-23(2)33(28,29)24-11-12-25(20(27)31-18(21)15-8-4-3-5-9-15)16(14-24)19(26)22-32-17-10-6-7-13-30-17/h3-5,8-9,16-18H,6-7,10-14H2,1-2H3,(H,22,26)/t16-,17?,18?/m1/s1. The first-order valence-corrected chi connectivity index (χ1v) is 13.3. The van der Waals surface area contributed by atoms with Gasteiger partial charge in [-0.15, -0.1) is 0 Å². The van der Waals surface area contributed by atoms with Gasteiger partial charge in [-0.2, -0.15) is 17.0 Å². The molecule has 33 heavy (non-hydrogen) atoms. The van der Waals surface area contributed by atoms with Gasteiger partial charge in [-0.25, -0.2) is 15.1 Å². The van der Waals surface area contributed by atoms with Crippen LogP contribution in [-0.4, -0.2) is 86.6 Å². The van der Waals surface area contributed by atoms with E-state index in [-0.39, 0.29) is 19.6 Å². The Bertz CT molecular complexity index is 912. The van der Waals surface area contributed by atoms with Crippen molar-refractivity contribution in [1.82, 2.24) is 19.0 Å². The third kappa shape index (κ3) is 6.76. The fourth-order valence-electron chi connectivity index (χ4n) is 3.47. The molecule has 2 heterocycles. The second-order valence-electron chi connectivity index (χ2n) is 7.85. The Labute approximate surface area is 207 Å². The molecule has 3 atom stereocenters. The van der Waals surface area contributed by atoms with E-state index in [9.17, 15) is 18.0 Å². The fourth-order valence-corrected chi connectivity index (χ4v) is 5.20. The van der Waals surface area contributed by atoms with Crippen LogP contribution in [0.3, 0.4) is 0 Å². The van der Waals surface area contributed by atoms with Crippen molar-refractivity contribution < 1.29 is 32.3 Å². The number of nitrogens with zero attached hydrogens (tertiary/aromatic N) is 3. The number of hydrogen-bond donors (Lipinski definition) is 1. The summed E-state index contributed by atoms with van der Waals surface area (Å²) in [6.07, 6.45) is 1.17. The van der Waals surface area contributed by atoms with Crippen LogP contribution in [0, 0.1) is 0 Å². The van der Waals surface area contributed by atoms with Gasteiger partial charge in [0.1, 0.15) is 6.04 Å². The molecule has 2 fully saturated rings. The van der Waals surface area contributed by atoms with Crippen molar-refractivity contribution in [1.29, 1.82) is 0 Å². The lowest BCUT2D eigenvalue weighted by Gasteiger charge is -2.40. The molecule has 2 aliphatic heterocycles. The molecule has 11 nitrogen and oxygen atoms in total. The van der Waals surface area contributed by atoms with Crippen molar-refractivity contribution in [2.45, 2.75) is 35.7 Å². The minimum absolute atomic E-state index is 0.0118. The topological polar surface area (TPSA) is 118 Å². The molecular formula is C20H29IN4O7S. The highest BCUT2D eigenvalue weighted by molar-refractivity contribution is 14.1. The Kier molecular flexibility index (Phi) is 9.29. The average molecular weight is 596 g/mol. The van der Waals surface area contributed by atoms with Crippen molar-refractivity contribution in [3.05, 3.63) is 35.9 Å². The van der Waals surface area contributed by atoms with Crippen LogP contribution >= 0.6 is 22.6 Å². The Balaban J connectivity index is 1.72. The van der Waals surface area contributed by atoms with Crippen LogP contribution in [0.2, 0.25) is 0 Å². The fraction of sp³-hybridized carbons (Fsp3) is 0.600. The van der Waals surface area contributed by atoms with Crippen LogP contribution in [0.1, 0.15) is 28.9 Å². The molecule has 0 aromatic heterocycles. The number of piperazine rings is 1. The number of nitrogens with one attached hydrogen (secondary N) is 1. The maximum absolute atomic E-state index is 13.0. The van der Waals surface area contributed by atoms with Crippen LogP contribution in [0.4, 0.5) is 4.79 Å². The van der Waals surface area contributed by atoms with Gasteiger partial charge in [0.15, 0.2) is 10.4 Å². The summed E-state index contributed by atoms with van der Waals surface area (Å²) >= 11 is 1.99. The molecule has 2 aliphatic rings. The van der Waals surface area contributed by atoms with Gasteiger partial charge >= 0.3 is 6.09 Å². The van der Waals surface area contributed by atoms with Gasteiger partial charge in [0, 0.05) is 52.3 Å². The number of hydrogen-bond acceptors (Lipinski definition) is 7. The summed E-state index contributed by atoms with van der Waals surface area (Å²) in [7, 11) is -0.952. The van der Waals surface area contributed by atoms with Crippen LogP contribution < -0.4 is 5.48 Å². The van der Waals surface area contributed by atoms with E-state index in [4.69, 9.17) is 14.3 Å². The molecule has 1 aromatic rings. The minimum atomic E-state index is -3.78. The summed E-state index contributed by atoms with van der Waals surface area (Å²) in [5.41, 5.74) is 3.13. The van der Waals surface area contributed by atoms with Crippen molar-refractivity contribution in [2.75, 3.05) is 40.3 Å². The second kappa shape index (κ2) is 11.8. The Morgan fingerprint density at radius 3 is 2.58 bits per heavy atom. The average Bonchev–Trinajstić information content (AvgIpc) is 2.83. The summed E-state index contributed by atoms with van der Waals surface area (Å²) in [6, 6.07) is 8.04. The van der Waals surface area contributed by atoms with Crippen LogP contribution in [0.25, 0.3) is 0 Å². The molecule has 0 aliphatic carbocycles. The molecule has 184 valence electrons. The Morgan fingerprint density at radius 2 is 1.94 bits per heavy atom. The zero-order chi connectivity index (χ0) is 24.0. The zero-order valence-corrected chi connectivity index (χ0v) is 21.5. The summed E-state index contributed by atoms with van der Waals surface area (Å²) in [5.74, 6) is -0.649. The molecular weight excluding hydrogens is 567 g/mol. The molecule has 0 spiro atoms. The van der Waals surface area contributed by atoms with Gasteiger partial charge in [-0.3, -0.25) is 9.69 Å². The monoisotopic (exact) mass is 596 g/mol. The third-order valence-corrected chi connectivity index (χ3v) is 8.24. The van der Waals surface area contributed by atoms with Gasteiger partial charge < -0.3 is 9.47 Å². The van der Waals surface area contributed by atoms with E-state index in [0.717, 1.165) is 27.0 Å². The lowest BCUT2D eigenvalue weighted by atomic mass is 10.2. The molecule has 0 saturated carbocycles. The van der Waals surface area contributed by atoms with E-state index in [1.54, 1.807) is 0 Å². The number of carbonyl (C=O) groups is 2. The number of rotatable bonds is 7. The normalized spacial score (nSPS) is 23.2. The van der Waals surface area contributed by atoms with Gasteiger partial charge in [0.25, 0.3) is 16.1 Å². The molecule has 13 heteroatoms. The number of alkyl halides is 1. The molecule has 1 aromatic carbocycles. The van der Waals surface area contributed by atoms with Crippen LogP contribution in [0.5, 0.6) is 0 Å². The maximum Gasteiger partial charge on any atom is 0.411 e. The Hall–Kier alpha value is -1.52. The summed E-state index contributed by atoms with van der Waals surface area (Å²) in [5, 5.41) is 0. The number of benzene rings is 1. The van der Waals surface area contributed by atoms with Gasteiger partial charge in [0.05, 0.1) is 0 Å². The van der Waals surface area contributed by atoms with Crippen molar-refractivity contribution >= 4 is 44.8 Å².